The molecule has 0 amide bonds. The van der Waals surface area contributed by atoms with Crippen LogP contribution < -0.4 is 4.90 Å². The molecule has 1 heterocycles. The zero-order chi connectivity index (χ0) is 11.9. The maximum absolute atomic E-state index is 11.6. The van der Waals surface area contributed by atoms with E-state index in [-0.39, 0.29) is 11.7 Å². The van der Waals surface area contributed by atoms with Crippen LogP contribution in [0.4, 0.5) is 5.69 Å². The lowest BCUT2D eigenvalue weighted by Crippen LogP contribution is -2.30. The molecule has 0 bridgehead atoms. The van der Waals surface area contributed by atoms with Gasteiger partial charge in [0.15, 0.2) is 0 Å². The fourth-order valence-electron chi connectivity index (χ4n) is 2.33. The Kier molecular flexibility index (Phi) is 2.94. The molecule has 0 radical (unpaired) electrons. The highest BCUT2D eigenvalue weighted by molar-refractivity contribution is 6.32. The number of carbonyl (C=O) groups is 1. The van der Waals surface area contributed by atoms with Gasteiger partial charge in [-0.25, -0.2) is 0 Å². The number of ketones is 1. The number of fused-ring (bicyclic) bond motifs is 1. The predicted molar refractivity (Wildman–Crippen MR) is 67.4 cm³/mol. The van der Waals surface area contributed by atoms with Crippen LogP contribution in [-0.2, 0) is 4.79 Å². The van der Waals surface area contributed by atoms with Gasteiger partial charge in [-0.1, -0.05) is 17.7 Å². The van der Waals surface area contributed by atoms with Gasteiger partial charge in [0.2, 0.25) is 0 Å². The number of benzene rings is 1. The molecule has 86 valence electrons. The smallest absolute Gasteiger partial charge is 0.139 e. The Hall–Kier alpha value is -1.02. The number of halogens is 1. The van der Waals surface area contributed by atoms with E-state index in [2.05, 4.69) is 18.7 Å². The third-order valence-electron chi connectivity index (χ3n) is 3.18. The molecule has 0 fully saturated rings. The second-order valence-corrected chi connectivity index (χ2v) is 4.99. The van der Waals surface area contributed by atoms with E-state index in [1.165, 1.54) is 0 Å². The number of carbonyl (C=O) groups excluding carboxylic acids is 1. The minimum atomic E-state index is -0.0638. The summed E-state index contributed by atoms with van der Waals surface area (Å²) in [7, 11) is 0. The molecular formula is C13H16ClNO. The van der Waals surface area contributed by atoms with Gasteiger partial charge in [-0.05, 0) is 32.9 Å². The minimum absolute atomic E-state index is 0.0638. The van der Waals surface area contributed by atoms with Crippen LogP contribution in [-0.4, -0.2) is 18.4 Å². The van der Waals surface area contributed by atoms with Crippen molar-refractivity contribution >= 4 is 23.1 Å². The Bertz CT molecular complexity index is 428. The van der Waals surface area contributed by atoms with Gasteiger partial charge in [-0.15, -0.1) is 0 Å². The molecule has 2 rings (SSSR count). The van der Waals surface area contributed by atoms with Crippen molar-refractivity contribution in [3.8, 4) is 0 Å². The van der Waals surface area contributed by atoms with Crippen LogP contribution in [0.25, 0.3) is 0 Å². The van der Waals surface area contributed by atoms with Crippen molar-refractivity contribution in [2.45, 2.75) is 32.7 Å². The Balaban J connectivity index is 2.53. The SMILES string of the molecule is CC(=O)C1CN(C(C)C)c2cccc(Cl)c21. The molecule has 1 aromatic rings. The van der Waals surface area contributed by atoms with Crippen LogP contribution in [0.1, 0.15) is 32.3 Å². The summed E-state index contributed by atoms with van der Waals surface area (Å²) in [5, 5.41) is 0.709. The van der Waals surface area contributed by atoms with Crippen LogP contribution in [0.5, 0.6) is 0 Å². The first-order chi connectivity index (χ1) is 7.52. The summed E-state index contributed by atoms with van der Waals surface area (Å²) < 4.78 is 0. The van der Waals surface area contributed by atoms with Crippen molar-refractivity contribution < 1.29 is 4.79 Å². The number of hydrogen-bond donors (Lipinski definition) is 0. The standard InChI is InChI=1S/C13H16ClNO/c1-8(2)15-7-10(9(3)16)13-11(14)5-4-6-12(13)15/h4-6,8,10H,7H2,1-3H3. The molecular weight excluding hydrogens is 222 g/mol. The monoisotopic (exact) mass is 237 g/mol. The summed E-state index contributed by atoms with van der Waals surface area (Å²) >= 11 is 6.20. The van der Waals surface area contributed by atoms with Crippen molar-refractivity contribution in [3.63, 3.8) is 0 Å². The topological polar surface area (TPSA) is 20.3 Å². The first kappa shape index (κ1) is 11.5. The first-order valence-corrected chi connectivity index (χ1v) is 5.95. The zero-order valence-electron chi connectivity index (χ0n) is 9.83. The van der Waals surface area contributed by atoms with Gasteiger partial charge in [-0.3, -0.25) is 4.79 Å². The normalized spacial score (nSPS) is 19.1. The third-order valence-corrected chi connectivity index (χ3v) is 3.51. The molecule has 1 unspecified atom stereocenters. The number of nitrogens with zero attached hydrogens (tertiary/aromatic N) is 1. The van der Waals surface area contributed by atoms with Gasteiger partial charge in [0.1, 0.15) is 5.78 Å². The molecule has 0 aliphatic carbocycles. The lowest BCUT2D eigenvalue weighted by atomic mass is 9.98. The second kappa shape index (κ2) is 4.10. The number of Topliss-reactive ketones (excluding diaryl/α,β-unsaturated/α-hetero) is 1. The number of anilines is 1. The summed E-state index contributed by atoms with van der Waals surface area (Å²) in [6.45, 7) is 6.66. The van der Waals surface area contributed by atoms with Crippen molar-refractivity contribution in [2.24, 2.45) is 0 Å². The Labute approximate surface area is 101 Å². The van der Waals surface area contributed by atoms with Gasteiger partial charge in [-0.2, -0.15) is 0 Å². The third kappa shape index (κ3) is 1.71. The lowest BCUT2D eigenvalue weighted by molar-refractivity contribution is -0.118. The molecule has 1 aromatic carbocycles. The highest BCUT2D eigenvalue weighted by Gasteiger charge is 2.34. The molecule has 0 saturated heterocycles. The van der Waals surface area contributed by atoms with Crippen molar-refractivity contribution in [1.82, 2.24) is 0 Å². The van der Waals surface area contributed by atoms with Crippen molar-refractivity contribution in [2.75, 3.05) is 11.4 Å². The molecule has 0 spiro atoms. The average molecular weight is 238 g/mol. The van der Waals surface area contributed by atoms with Gasteiger partial charge in [0.05, 0.1) is 5.92 Å². The van der Waals surface area contributed by atoms with Crippen LogP contribution in [0, 0.1) is 0 Å². The molecule has 0 aromatic heterocycles. The summed E-state index contributed by atoms with van der Waals surface area (Å²) in [4.78, 5) is 13.9. The van der Waals surface area contributed by atoms with Crippen LogP contribution in [0.15, 0.2) is 18.2 Å². The summed E-state index contributed by atoms with van der Waals surface area (Å²) in [5.41, 5.74) is 2.12. The number of hydrogen-bond acceptors (Lipinski definition) is 2. The Morgan fingerprint density at radius 3 is 2.75 bits per heavy atom. The molecule has 16 heavy (non-hydrogen) atoms. The minimum Gasteiger partial charge on any atom is -0.368 e. The summed E-state index contributed by atoms with van der Waals surface area (Å²) in [6, 6.07) is 6.24. The van der Waals surface area contributed by atoms with Crippen molar-refractivity contribution in [3.05, 3.63) is 28.8 Å². The molecule has 1 atom stereocenters. The Morgan fingerprint density at radius 2 is 2.19 bits per heavy atom. The summed E-state index contributed by atoms with van der Waals surface area (Å²) in [5.74, 6) is 0.128. The lowest BCUT2D eigenvalue weighted by Gasteiger charge is -2.24. The van der Waals surface area contributed by atoms with E-state index in [1.807, 2.05) is 18.2 Å². The average Bonchev–Trinajstić information content (AvgIpc) is 2.58. The van der Waals surface area contributed by atoms with E-state index in [4.69, 9.17) is 11.6 Å². The van der Waals surface area contributed by atoms with E-state index in [0.717, 1.165) is 17.8 Å². The largest absolute Gasteiger partial charge is 0.368 e. The fourth-order valence-corrected chi connectivity index (χ4v) is 2.63. The van der Waals surface area contributed by atoms with E-state index < -0.39 is 0 Å². The van der Waals surface area contributed by atoms with E-state index in [1.54, 1.807) is 6.92 Å². The van der Waals surface area contributed by atoms with E-state index in [9.17, 15) is 4.79 Å². The van der Waals surface area contributed by atoms with E-state index >= 15 is 0 Å². The highest BCUT2D eigenvalue weighted by Crippen LogP contribution is 2.41. The maximum Gasteiger partial charge on any atom is 0.139 e. The molecule has 1 aliphatic rings. The molecule has 3 heteroatoms. The van der Waals surface area contributed by atoms with Crippen LogP contribution in [0.2, 0.25) is 5.02 Å². The van der Waals surface area contributed by atoms with Gasteiger partial charge in [0, 0.05) is 28.9 Å². The van der Waals surface area contributed by atoms with Crippen LogP contribution in [0.3, 0.4) is 0 Å². The maximum atomic E-state index is 11.6. The second-order valence-electron chi connectivity index (χ2n) is 4.58. The number of rotatable bonds is 2. The van der Waals surface area contributed by atoms with Crippen molar-refractivity contribution in [1.29, 1.82) is 0 Å². The zero-order valence-corrected chi connectivity index (χ0v) is 10.6. The van der Waals surface area contributed by atoms with Crippen LogP contribution >= 0.6 is 11.6 Å². The quantitative estimate of drug-likeness (QED) is 0.787. The van der Waals surface area contributed by atoms with Gasteiger partial charge >= 0.3 is 0 Å². The molecule has 2 nitrogen and oxygen atoms in total. The van der Waals surface area contributed by atoms with Gasteiger partial charge in [0.25, 0.3) is 0 Å². The summed E-state index contributed by atoms with van der Waals surface area (Å²) in [6.07, 6.45) is 0. The van der Waals surface area contributed by atoms with E-state index in [0.29, 0.717) is 11.1 Å². The molecule has 1 aliphatic heterocycles. The van der Waals surface area contributed by atoms with Gasteiger partial charge < -0.3 is 4.90 Å². The highest BCUT2D eigenvalue weighted by atomic mass is 35.5. The molecule has 0 N–H and O–H groups in total. The Morgan fingerprint density at radius 1 is 1.50 bits per heavy atom. The first-order valence-electron chi connectivity index (χ1n) is 5.58. The fraction of sp³-hybridized carbons (Fsp3) is 0.462. The predicted octanol–water partition coefficient (Wildman–Crippen LogP) is 3.24. The molecule has 0 saturated carbocycles.